The van der Waals surface area contributed by atoms with Gasteiger partial charge in [-0.15, -0.1) is 0 Å². The summed E-state index contributed by atoms with van der Waals surface area (Å²) in [6.07, 6.45) is 2.63. The largest absolute Gasteiger partial charge is 0.507 e. The molecule has 0 saturated carbocycles. The van der Waals surface area contributed by atoms with E-state index < -0.39 is 17.7 Å². The maximum absolute atomic E-state index is 13.5. The Kier molecular flexibility index (Phi) is 4.93. The van der Waals surface area contributed by atoms with Crippen LogP contribution in [0.3, 0.4) is 0 Å². The predicted molar refractivity (Wildman–Crippen MR) is 135 cm³/mol. The van der Waals surface area contributed by atoms with Gasteiger partial charge in [0.15, 0.2) is 0 Å². The van der Waals surface area contributed by atoms with Crippen LogP contribution in [-0.4, -0.2) is 28.0 Å². The summed E-state index contributed by atoms with van der Waals surface area (Å²) in [5.74, 6) is -0.888. The quantitative estimate of drug-likeness (QED) is 0.240. The number of fused-ring (bicyclic) bond motifs is 2. The minimum absolute atomic E-state index is 0.0465. The molecule has 4 aromatic rings. The third-order valence-electron chi connectivity index (χ3n) is 6.72. The molecule has 1 atom stereocenters. The van der Waals surface area contributed by atoms with Crippen LogP contribution >= 0.6 is 11.6 Å². The van der Waals surface area contributed by atoms with E-state index in [9.17, 15) is 14.7 Å². The van der Waals surface area contributed by atoms with E-state index in [0.717, 1.165) is 34.2 Å². The second-order valence-corrected chi connectivity index (χ2v) is 9.22. The maximum Gasteiger partial charge on any atom is 0.300 e. The van der Waals surface area contributed by atoms with Gasteiger partial charge in [0.1, 0.15) is 11.5 Å². The number of aryl methyl sites for hydroxylation is 1. The monoisotopic (exact) mass is 484 g/mol. The first-order chi connectivity index (χ1) is 16.9. The molecule has 2 aliphatic heterocycles. The van der Waals surface area contributed by atoms with Crippen LogP contribution in [0.4, 0.5) is 5.69 Å². The Morgan fingerprint density at radius 3 is 2.71 bits per heavy atom. The number of aliphatic hydroxyl groups excluding tert-OH is 1. The number of amides is 1. The summed E-state index contributed by atoms with van der Waals surface area (Å²) in [4.78, 5) is 28.3. The van der Waals surface area contributed by atoms with E-state index >= 15 is 0 Å². The molecular weight excluding hydrogens is 464 g/mol. The number of aliphatic hydroxyl groups is 1. The lowest BCUT2D eigenvalue weighted by atomic mass is 9.94. The molecule has 2 aliphatic rings. The standard InChI is InChI=1S/C28H21ClN2O4/c1-30-15-21(20-7-2-3-8-22(20)30)25-24(26(32)17-9-10-23-16(13-17)11-12-35-23)27(33)28(34)31(25)19-6-4-5-18(29)14-19/h2-10,13-15,25,32H,11-12H2,1H3/b26-24+. The van der Waals surface area contributed by atoms with Crippen LogP contribution in [-0.2, 0) is 23.1 Å². The number of ketones is 1. The SMILES string of the molecule is Cn1cc(C2/C(=C(\O)c3ccc4c(c3)CCO4)C(=O)C(=O)N2c2cccc(Cl)c2)c2ccccc21. The molecule has 3 aromatic carbocycles. The van der Waals surface area contributed by atoms with Gasteiger partial charge < -0.3 is 14.4 Å². The molecule has 0 radical (unpaired) electrons. The molecule has 1 amide bonds. The van der Waals surface area contributed by atoms with Crippen molar-refractivity contribution in [2.45, 2.75) is 12.5 Å². The highest BCUT2D eigenvalue weighted by atomic mass is 35.5. The van der Waals surface area contributed by atoms with Gasteiger partial charge in [-0.05, 0) is 48.0 Å². The van der Waals surface area contributed by atoms with Crippen LogP contribution in [0, 0.1) is 0 Å². The van der Waals surface area contributed by atoms with E-state index in [1.54, 1.807) is 36.4 Å². The number of hydrogen-bond donors (Lipinski definition) is 1. The zero-order valence-corrected chi connectivity index (χ0v) is 19.6. The van der Waals surface area contributed by atoms with Crippen molar-refractivity contribution in [3.05, 3.63) is 100 Å². The van der Waals surface area contributed by atoms with Crippen LogP contribution in [0.15, 0.2) is 78.5 Å². The third kappa shape index (κ3) is 3.33. The highest BCUT2D eigenvalue weighted by molar-refractivity contribution is 6.52. The van der Waals surface area contributed by atoms with Crippen LogP contribution in [0.1, 0.15) is 22.7 Å². The molecule has 174 valence electrons. The maximum atomic E-state index is 13.5. The Morgan fingerprint density at radius 2 is 1.89 bits per heavy atom. The van der Waals surface area contributed by atoms with E-state index in [0.29, 0.717) is 22.9 Å². The van der Waals surface area contributed by atoms with Crippen molar-refractivity contribution in [3.63, 3.8) is 0 Å². The predicted octanol–water partition coefficient (Wildman–Crippen LogP) is 5.39. The van der Waals surface area contributed by atoms with Crippen molar-refractivity contribution >= 4 is 45.6 Å². The molecule has 1 N–H and O–H groups in total. The molecule has 7 heteroatoms. The number of benzene rings is 3. The van der Waals surface area contributed by atoms with Crippen molar-refractivity contribution in [3.8, 4) is 5.75 Å². The summed E-state index contributed by atoms with van der Waals surface area (Å²) in [5.41, 5.74) is 3.66. The van der Waals surface area contributed by atoms with Gasteiger partial charge in [0.2, 0.25) is 0 Å². The molecule has 0 bridgehead atoms. The number of rotatable bonds is 3. The van der Waals surface area contributed by atoms with Crippen molar-refractivity contribution < 1.29 is 19.4 Å². The molecular formula is C28H21ClN2O4. The number of nitrogens with zero attached hydrogens (tertiary/aromatic N) is 2. The van der Waals surface area contributed by atoms with Crippen molar-refractivity contribution in [1.29, 1.82) is 0 Å². The smallest absolute Gasteiger partial charge is 0.300 e. The minimum Gasteiger partial charge on any atom is -0.507 e. The normalized spacial score (nSPS) is 18.8. The average Bonchev–Trinajstić information content (AvgIpc) is 3.53. The summed E-state index contributed by atoms with van der Waals surface area (Å²) in [6, 6.07) is 19.1. The van der Waals surface area contributed by atoms with E-state index in [2.05, 4.69) is 0 Å². The topological polar surface area (TPSA) is 71.8 Å². The van der Waals surface area contributed by atoms with Gasteiger partial charge in [-0.2, -0.15) is 0 Å². The zero-order chi connectivity index (χ0) is 24.3. The fourth-order valence-electron chi connectivity index (χ4n) is 5.10. The van der Waals surface area contributed by atoms with Gasteiger partial charge >= 0.3 is 0 Å². The second-order valence-electron chi connectivity index (χ2n) is 8.78. The summed E-state index contributed by atoms with van der Waals surface area (Å²) >= 11 is 6.25. The molecule has 0 spiro atoms. The van der Waals surface area contributed by atoms with Crippen LogP contribution in [0.2, 0.25) is 5.02 Å². The first-order valence-corrected chi connectivity index (χ1v) is 11.7. The van der Waals surface area contributed by atoms with Gasteiger partial charge in [0.05, 0.1) is 18.2 Å². The number of hydrogen-bond acceptors (Lipinski definition) is 4. The molecule has 1 saturated heterocycles. The van der Waals surface area contributed by atoms with Crippen LogP contribution < -0.4 is 9.64 Å². The van der Waals surface area contributed by atoms with Gasteiger partial charge in [0, 0.05) is 52.4 Å². The fourth-order valence-corrected chi connectivity index (χ4v) is 5.28. The summed E-state index contributed by atoms with van der Waals surface area (Å²) in [6.45, 7) is 0.578. The van der Waals surface area contributed by atoms with Gasteiger partial charge in [0.25, 0.3) is 11.7 Å². The molecule has 6 nitrogen and oxygen atoms in total. The molecule has 3 heterocycles. The lowest BCUT2D eigenvalue weighted by Crippen LogP contribution is -2.29. The molecule has 1 fully saturated rings. The Morgan fingerprint density at radius 1 is 1.06 bits per heavy atom. The molecule has 6 rings (SSSR count). The summed E-state index contributed by atoms with van der Waals surface area (Å²) in [5, 5.41) is 12.8. The van der Waals surface area contributed by atoms with Crippen molar-refractivity contribution in [2.75, 3.05) is 11.5 Å². The van der Waals surface area contributed by atoms with Gasteiger partial charge in [-0.1, -0.05) is 35.9 Å². The number of halogens is 1. The highest BCUT2D eigenvalue weighted by Crippen LogP contribution is 2.45. The van der Waals surface area contributed by atoms with E-state index in [1.807, 2.05) is 48.1 Å². The third-order valence-corrected chi connectivity index (χ3v) is 6.95. The Balaban J connectivity index is 1.62. The second kappa shape index (κ2) is 8.03. The Hall–Kier alpha value is -4.03. The number of para-hydroxylation sites is 1. The molecule has 35 heavy (non-hydrogen) atoms. The number of carbonyl (C=O) groups excluding carboxylic acids is 2. The van der Waals surface area contributed by atoms with Crippen LogP contribution in [0.25, 0.3) is 16.7 Å². The first-order valence-electron chi connectivity index (χ1n) is 11.3. The number of Topliss-reactive ketones (excluding diaryl/α,β-unsaturated/α-hetero) is 1. The highest BCUT2D eigenvalue weighted by Gasteiger charge is 2.48. The van der Waals surface area contributed by atoms with Gasteiger partial charge in [-0.25, -0.2) is 0 Å². The lowest BCUT2D eigenvalue weighted by molar-refractivity contribution is -0.132. The number of ether oxygens (including phenoxy) is 1. The number of carbonyl (C=O) groups is 2. The van der Waals surface area contributed by atoms with E-state index in [1.165, 1.54) is 4.90 Å². The molecule has 1 aromatic heterocycles. The molecule has 0 aliphatic carbocycles. The lowest BCUT2D eigenvalue weighted by Gasteiger charge is -2.25. The van der Waals surface area contributed by atoms with E-state index in [-0.39, 0.29) is 11.3 Å². The van der Waals surface area contributed by atoms with Crippen molar-refractivity contribution in [1.82, 2.24) is 4.57 Å². The number of anilines is 1. The van der Waals surface area contributed by atoms with E-state index in [4.69, 9.17) is 16.3 Å². The summed E-state index contributed by atoms with van der Waals surface area (Å²) < 4.78 is 7.54. The Labute approximate surface area is 206 Å². The first kappa shape index (κ1) is 21.5. The Bertz CT molecular complexity index is 1570. The van der Waals surface area contributed by atoms with Crippen LogP contribution in [0.5, 0.6) is 5.75 Å². The van der Waals surface area contributed by atoms with Crippen molar-refractivity contribution in [2.24, 2.45) is 7.05 Å². The molecule has 1 unspecified atom stereocenters. The minimum atomic E-state index is -0.830. The van der Waals surface area contributed by atoms with Gasteiger partial charge in [-0.3, -0.25) is 14.5 Å². The fraction of sp³-hybridized carbons (Fsp3) is 0.143. The number of aromatic nitrogens is 1. The zero-order valence-electron chi connectivity index (χ0n) is 18.9. The summed E-state index contributed by atoms with van der Waals surface area (Å²) in [7, 11) is 1.91. The average molecular weight is 485 g/mol.